The number of amides is 1. The number of hydrogen-bond acceptors (Lipinski definition) is 5. The van der Waals surface area contributed by atoms with Crippen LogP contribution in [0.15, 0.2) is 5.51 Å². The second-order valence-electron chi connectivity index (χ2n) is 2.04. The van der Waals surface area contributed by atoms with Gasteiger partial charge in [0, 0.05) is 0 Å². The second-order valence-corrected chi connectivity index (χ2v) is 3.99. The monoisotopic (exact) mass is 187 g/mol. The average Bonchev–Trinajstić information content (AvgIpc) is 2.55. The van der Waals surface area contributed by atoms with E-state index in [0.29, 0.717) is 5.75 Å². The molecular weight excluding hydrogens is 182 g/mol. The van der Waals surface area contributed by atoms with Crippen LogP contribution in [0, 0.1) is 0 Å². The van der Waals surface area contributed by atoms with E-state index >= 15 is 0 Å². The summed E-state index contributed by atoms with van der Waals surface area (Å²) in [4.78, 5) is 10.8. The average molecular weight is 187 g/mol. The highest BCUT2D eigenvalue weighted by atomic mass is 32.2. The molecule has 2 rings (SSSR count). The normalized spacial score (nSPS) is 23.6. The largest absolute Gasteiger partial charge is 0.337 e. The summed E-state index contributed by atoms with van der Waals surface area (Å²) in [6.45, 7) is 0. The van der Waals surface area contributed by atoms with E-state index in [1.54, 1.807) is 17.3 Å². The summed E-state index contributed by atoms with van der Waals surface area (Å²) in [5.74, 6) is 0.611. The zero-order chi connectivity index (χ0) is 7.68. The Morgan fingerprint density at radius 2 is 2.64 bits per heavy atom. The van der Waals surface area contributed by atoms with E-state index in [1.807, 2.05) is 0 Å². The van der Waals surface area contributed by atoms with Crippen molar-refractivity contribution < 1.29 is 4.79 Å². The van der Waals surface area contributed by atoms with Crippen molar-refractivity contribution in [3.8, 4) is 0 Å². The molecule has 0 bridgehead atoms. The van der Waals surface area contributed by atoms with Gasteiger partial charge in [-0.1, -0.05) is 0 Å². The van der Waals surface area contributed by atoms with Gasteiger partial charge in [-0.05, 0) is 0 Å². The van der Waals surface area contributed by atoms with E-state index in [-0.39, 0.29) is 11.3 Å². The van der Waals surface area contributed by atoms with Gasteiger partial charge in [0.15, 0.2) is 0 Å². The second kappa shape index (κ2) is 2.78. The zero-order valence-corrected chi connectivity index (χ0v) is 7.11. The smallest absolute Gasteiger partial charge is 0.231 e. The van der Waals surface area contributed by atoms with Crippen molar-refractivity contribution in [2.24, 2.45) is 0 Å². The van der Waals surface area contributed by atoms with Crippen LogP contribution < -0.4 is 5.32 Å². The highest BCUT2D eigenvalue weighted by Gasteiger charge is 2.24. The van der Waals surface area contributed by atoms with Crippen molar-refractivity contribution in [3.63, 3.8) is 0 Å². The lowest BCUT2D eigenvalue weighted by Gasteiger charge is -2.01. The van der Waals surface area contributed by atoms with Crippen LogP contribution in [0.4, 0.5) is 0 Å². The summed E-state index contributed by atoms with van der Waals surface area (Å²) in [5.41, 5.74) is 1.67. The Hall–Kier alpha value is -0.620. The van der Waals surface area contributed by atoms with Gasteiger partial charge in [0.05, 0.1) is 5.75 Å². The first-order chi connectivity index (χ1) is 5.36. The minimum atomic E-state index is 0.0370. The number of carbonyl (C=O) groups excluding carboxylic acids is 1. The molecular formula is C5H5N3OS2. The predicted molar refractivity (Wildman–Crippen MR) is 43.3 cm³/mol. The molecule has 11 heavy (non-hydrogen) atoms. The Morgan fingerprint density at radius 1 is 1.73 bits per heavy atom. The summed E-state index contributed by atoms with van der Waals surface area (Å²) in [5, 5.41) is 11.3. The number of thioether (sulfide) groups is 1. The molecule has 1 atom stereocenters. The quantitative estimate of drug-likeness (QED) is 0.691. The highest BCUT2D eigenvalue weighted by Crippen LogP contribution is 2.30. The third kappa shape index (κ3) is 1.36. The van der Waals surface area contributed by atoms with E-state index in [4.69, 9.17) is 0 Å². The number of hydrogen-bond donors (Lipinski definition) is 1. The molecule has 1 fully saturated rings. The Kier molecular flexibility index (Phi) is 1.79. The molecule has 0 spiro atoms. The molecule has 0 radical (unpaired) electrons. The maximum Gasteiger partial charge on any atom is 0.231 e. The van der Waals surface area contributed by atoms with Gasteiger partial charge >= 0.3 is 0 Å². The van der Waals surface area contributed by atoms with Crippen molar-refractivity contribution in [1.29, 1.82) is 0 Å². The van der Waals surface area contributed by atoms with Gasteiger partial charge in [-0.25, -0.2) is 0 Å². The van der Waals surface area contributed by atoms with E-state index in [9.17, 15) is 4.79 Å². The maximum atomic E-state index is 10.8. The fourth-order valence-corrected chi connectivity index (χ4v) is 2.47. The molecule has 2 heterocycles. The Balaban J connectivity index is 2.13. The fourth-order valence-electron chi connectivity index (χ4n) is 0.817. The predicted octanol–water partition coefficient (Wildman–Crippen LogP) is 0.400. The van der Waals surface area contributed by atoms with Gasteiger partial charge in [-0.15, -0.1) is 33.3 Å². The van der Waals surface area contributed by atoms with Crippen molar-refractivity contribution in [2.75, 3.05) is 5.75 Å². The molecule has 0 aliphatic carbocycles. The third-order valence-electron chi connectivity index (χ3n) is 1.27. The van der Waals surface area contributed by atoms with Gasteiger partial charge in [-0.3, -0.25) is 4.79 Å². The Bertz CT molecular complexity index is 261. The molecule has 1 aliphatic rings. The van der Waals surface area contributed by atoms with Crippen LogP contribution in [0.5, 0.6) is 0 Å². The molecule has 1 aromatic heterocycles. The number of rotatable bonds is 1. The molecule has 58 valence electrons. The van der Waals surface area contributed by atoms with Gasteiger partial charge < -0.3 is 5.32 Å². The minimum absolute atomic E-state index is 0.0370. The first-order valence-corrected chi connectivity index (χ1v) is 4.96. The van der Waals surface area contributed by atoms with E-state index in [2.05, 4.69) is 15.5 Å². The van der Waals surface area contributed by atoms with Gasteiger partial charge in [-0.2, -0.15) is 0 Å². The molecule has 4 nitrogen and oxygen atoms in total. The summed E-state index contributed by atoms with van der Waals surface area (Å²) in [6.07, 6.45) is 0. The summed E-state index contributed by atoms with van der Waals surface area (Å²) < 4.78 is 0. The molecule has 1 amide bonds. The van der Waals surface area contributed by atoms with Gasteiger partial charge in [0.1, 0.15) is 15.9 Å². The van der Waals surface area contributed by atoms with Crippen molar-refractivity contribution >= 4 is 29.0 Å². The molecule has 0 aromatic carbocycles. The van der Waals surface area contributed by atoms with E-state index in [0.717, 1.165) is 5.01 Å². The fraction of sp³-hybridized carbons (Fsp3) is 0.400. The molecule has 1 unspecified atom stereocenters. The van der Waals surface area contributed by atoms with Crippen LogP contribution in [0.1, 0.15) is 10.4 Å². The zero-order valence-electron chi connectivity index (χ0n) is 5.48. The molecule has 1 aliphatic heterocycles. The minimum Gasteiger partial charge on any atom is -0.337 e. The van der Waals surface area contributed by atoms with Crippen LogP contribution in [0.3, 0.4) is 0 Å². The SMILES string of the molecule is O=C1CSC(c2nncs2)N1. The van der Waals surface area contributed by atoms with Gasteiger partial charge in [0.2, 0.25) is 5.91 Å². The first kappa shape index (κ1) is 7.05. The van der Waals surface area contributed by atoms with Crippen LogP contribution in [0.25, 0.3) is 0 Å². The number of aromatic nitrogens is 2. The highest BCUT2D eigenvalue weighted by molar-refractivity contribution is 8.00. The summed E-state index contributed by atoms with van der Waals surface area (Å²) >= 11 is 3.02. The molecule has 0 saturated carbocycles. The van der Waals surface area contributed by atoms with Crippen molar-refractivity contribution in [3.05, 3.63) is 10.5 Å². The Morgan fingerprint density at radius 3 is 3.18 bits per heavy atom. The number of carbonyl (C=O) groups is 1. The molecule has 1 N–H and O–H groups in total. The third-order valence-corrected chi connectivity index (χ3v) is 3.29. The number of nitrogens with one attached hydrogen (secondary N) is 1. The van der Waals surface area contributed by atoms with Crippen molar-refractivity contribution in [2.45, 2.75) is 5.37 Å². The topological polar surface area (TPSA) is 54.9 Å². The van der Waals surface area contributed by atoms with E-state index in [1.165, 1.54) is 11.3 Å². The lowest BCUT2D eigenvalue weighted by atomic mass is 10.6. The van der Waals surface area contributed by atoms with Crippen LogP contribution in [-0.4, -0.2) is 21.9 Å². The van der Waals surface area contributed by atoms with Crippen molar-refractivity contribution in [1.82, 2.24) is 15.5 Å². The van der Waals surface area contributed by atoms with Gasteiger partial charge in [0.25, 0.3) is 0 Å². The van der Waals surface area contributed by atoms with Crippen LogP contribution in [-0.2, 0) is 4.79 Å². The lowest BCUT2D eigenvalue weighted by Crippen LogP contribution is -2.18. The summed E-state index contributed by atoms with van der Waals surface area (Å²) in [6, 6.07) is 0. The number of nitrogens with zero attached hydrogens (tertiary/aromatic N) is 2. The molecule has 1 saturated heterocycles. The standard InChI is InChI=1S/C5H5N3OS2/c9-3-1-10-4(7-3)5-8-6-2-11-5/h2,4H,1H2,(H,7,9). The van der Waals surface area contributed by atoms with Crippen LogP contribution in [0.2, 0.25) is 0 Å². The molecule has 6 heteroatoms. The lowest BCUT2D eigenvalue weighted by molar-refractivity contribution is -0.118. The summed E-state index contributed by atoms with van der Waals surface area (Å²) in [7, 11) is 0. The Labute approximate surface area is 71.4 Å². The first-order valence-electron chi connectivity index (χ1n) is 3.03. The van der Waals surface area contributed by atoms with E-state index < -0.39 is 0 Å². The molecule has 1 aromatic rings. The maximum absolute atomic E-state index is 10.8. The van der Waals surface area contributed by atoms with Crippen LogP contribution >= 0.6 is 23.1 Å².